The highest BCUT2D eigenvalue weighted by Crippen LogP contribution is 2.55. The summed E-state index contributed by atoms with van der Waals surface area (Å²) in [5.41, 5.74) is 4.32. The van der Waals surface area contributed by atoms with Crippen LogP contribution in [0.15, 0.2) is 66.7 Å². The summed E-state index contributed by atoms with van der Waals surface area (Å²) >= 11 is 7.58. The van der Waals surface area contributed by atoms with Gasteiger partial charge in [-0.15, -0.1) is 11.8 Å². The fourth-order valence-electron chi connectivity index (χ4n) is 4.59. The molecular weight excluding hydrogens is 470 g/mol. The summed E-state index contributed by atoms with van der Waals surface area (Å²) in [5, 5.41) is 3.44. The summed E-state index contributed by atoms with van der Waals surface area (Å²) in [6.07, 6.45) is 0. The van der Waals surface area contributed by atoms with E-state index in [2.05, 4.69) is 5.32 Å². The van der Waals surface area contributed by atoms with Crippen LogP contribution < -0.4 is 15.0 Å². The Morgan fingerprint density at radius 3 is 2.74 bits per heavy atom. The second-order valence-corrected chi connectivity index (χ2v) is 10.0. The third-order valence-electron chi connectivity index (χ3n) is 6.31. The molecule has 5 rings (SSSR count). The smallest absolute Gasteiger partial charge is 0.323 e. The predicted octanol–water partition coefficient (Wildman–Crippen LogP) is 5.64. The van der Waals surface area contributed by atoms with Crippen LogP contribution in [0, 0.1) is 6.92 Å². The summed E-state index contributed by atoms with van der Waals surface area (Å²) in [6, 6.07) is 20.3. The second kappa shape index (κ2) is 8.89. The van der Waals surface area contributed by atoms with Gasteiger partial charge in [0.2, 0.25) is 0 Å². The van der Waals surface area contributed by atoms with Crippen LogP contribution in [0.3, 0.4) is 0 Å². The van der Waals surface area contributed by atoms with Crippen molar-refractivity contribution >= 4 is 46.7 Å². The number of rotatable bonds is 4. The lowest BCUT2D eigenvalue weighted by atomic mass is 10.1. The first-order chi connectivity index (χ1) is 16.4. The quantitative estimate of drug-likeness (QED) is 0.511. The first-order valence-corrected chi connectivity index (χ1v) is 12.3. The molecule has 0 saturated carbocycles. The van der Waals surface area contributed by atoms with Crippen molar-refractivity contribution in [2.24, 2.45) is 0 Å². The monoisotopic (exact) mass is 493 g/mol. The Balaban J connectivity index is 1.56. The highest BCUT2D eigenvalue weighted by Gasteiger charge is 2.59. The second-order valence-electron chi connectivity index (χ2n) is 8.29. The fraction of sp³-hybridized carbons (Fsp3) is 0.231. The van der Waals surface area contributed by atoms with E-state index in [4.69, 9.17) is 16.3 Å². The number of fused-ring (bicyclic) bond motifs is 2. The normalized spacial score (nSPS) is 19.0. The zero-order valence-corrected chi connectivity index (χ0v) is 20.4. The minimum absolute atomic E-state index is 0.122. The van der Waals surface area contributed by atoms with Gasteiger partial charge >= 0.3 is 6.03 Å². The molecule has 1 fully saturated rings. The molecule has 0 unspecified atom stereocenters. The number of anilines is 2. The fourth-order valence-corrected chi connectivity index (χ4v) is 6.24. The SMILES string of the molecule is COc1ccc2c(c1)[C@]1(SCCN1C(=O)Nc1cccc(Cl)c1)C(=O)N2Cc1ccccc1C. The lowest BCUT2D eigenvalue weighted by molar-refractivity contribution is -0.123. The Hall–Kier alpha value is -3.16. The van der Waals surface area contributed by atoms with Gasteiger partial charge in [-0.1, -0.05) is 41.9 Å². The Morgan fingerprint density at radius 2 is 1.97 bits per heavy atom. The van der Waals surface area contributed by atoms with Gasteiger partial charge in [0, 0.05) is 28.6 Å². The van der Waals surface area contributed by atoms with Crippen molar-refractivity contribution in [1.82, 2.24) is 4.90 Å². The molecule has 1 saturated heterocycles. The van der Waals surface area contributed by atoms with E-state index < -0.39 is 4.87 Å². The first kappa shape index (κ1) is 22.6. The van der Waals surface area contributed by atoms with E-state index >= 15 is 0 Å². The Bertz CT molecular complexity index is 1280. The first-order valence-electron chi connectivity index (χ1n) is 11.0. The number of aryl methyl sites for hydroxylation is 1. The van der Waals surface area contributed by atoms with Crippen molar-refractivity contribution < 1.29 is 14.3 Å². The van der Waals surface area contributed by atoms with Crippen LogP contribution >= 0.6 is 23.4 Å². The number of nitrogens with one attached hydrogen (secondary N) is 1. The molecule has 0 radical (unpaired) electrons. The molecule has 6 nitrogen and oxygen atoms in total. The molecule has 8 heteroatoms. The predicted molar refractivity (Wildman–Crippen MR) is 137 cm³/mol. The molecule has 174 valence electrons. The largest absolute Gasteiger partial charge is 0.497 e. The molecule has 2 aliphatic heterocycles. The van der Waals surface area contributed by atoms with Crippen LogP contribution in [-0.2, 0) is 16.2 Å². The van der Waals surface area contributed by atoms with Gasteiger partial charge in [0.15, 0.2) is 4.87 Å². The van der Waals surface area contributed by atoms with Crippen molar-refractivity contribution in [3.05, 3.63) is 88.4 Å². The number of thioether (sulfide) groups is 1. The zero-order valence-electron chi connectivity index (χ0n) is 18.9. The third-order valence-corrected chi connectivity index (χ3v) is 7.97. The van der Waals surface area contributed by atoms with Crippen LogP contribution in [0.25, 0.3) is 0 Å². The Morgan fingerprint density at radius 1 is 1.15 bits per heavy atom. The summed E-state index contributed by atoms with van der Waals surface area (Å²) in [7, 11) is 1.60. The van der Waals surface area contributed by atoms with E-state index in [0.29, 0.717) is 35.3 Å². The molecule has 0 aromatic heterocycles. The van der Waals surface area contributed by atoms with Gasteiger partial charge in [-0.2, -0.15) is 0 Å². The number of carbonyl (C=O) groups excluding carboxylic acids is 2. The van der Waals surface area contributed by atoms with Crippen LogP contribution in [0.4, 0.5) is 16.2 Å². The maximum absolute atomic E-state index is 14.1. The number of methoxy groups -OCH3 is 1. The van der Waals surface area contributed by atoms with Gasteiger partial charge in [0.25, 0.3) is 5.91 Å². The Labute approximate surface area is 207 Å². The minimum Gasteiger partial charge on any atom is -0.497 e. The molecule has 3 amide bonds. The maximum atomic E-state index is 14.1. The molecule has 0 aliphatic carbocycles. The number of urea groups is 1. The van der Waals surface area contributed by atoms with Gasteiger partial charge in [0.1, 0.15) is 5.75 Å². The molecule has 3 aromatic rings. The molecule has 1 atom stereocenters. The molecule has 2 aliphatic rings. The number of hydrogen-bond acceptors (Lipinski definition) is 4. The van der Waals surface area contributed by atoms with E-state index in [1.165, 1.54) is 11.8 Å². The molecule has 1 N–H and O–H groups in total. The summed E-state index contributed by atoms with van der Waals surface area (Å²) in [5.74, 6) is 1.16. The number of ether oxygens (including phenoxy) is 1. The van der Waals surface area contributed by atoms with E-state index in [1.54, 1.807) is 41.2 Å². The summed E-state index contributed by atoms with van der Waals surface area (Å²) in [6.45, 7) is 2.91. The lowest BCUT2D eigenvalue weighted by Crippen LogP contribution is -2.51. The van der Waals surface area contributed by atoms with Crippen molar-refractivity contribution in [1.29, 1.82) is 0 Å². The molecule has 1 spiro atoms. The van der Waals surface area contributed by atoms with Crippen molar-refractivity contribution in [3.8, 4) is 5.75 Å². The van der Waals surface area contributed by atoms with E-state index in [9.17, 15) is 9.59 Å². The van der Waals surface area contributed by atoms with Gasteiger partial charge in [0.05, 0.1) is 19.3 Å². The van der Waals surface area contributed by atoms with Gasteiger partial charge < -0.3 is 15.0 Å². The number of carbonyl (C=O) groups is 2. The number of nitrogens with zero attached hydrogens (tertiary/aromatic N) is 2. The van der Waals surface area contributed by atoms with Gasteiger partial charge in [-0.25, -0.2) is 4.79 Å². The zero-order chi connectivity index (χ0) is 23.9. The molecular formula is C26H24ClN3O3S. The van der Waals surface area contributed by atoms with Crippen LogP contribution in [0.2, 0.25) is 5.02 Å². The molecule has 2 heterocycles. The number of hydrogen-bond donors (Lipinski definition) is 1. The van der Waals surface area contributed by atoms with Gasteiger partial charge in [-0.05, 0) is 54.4 Å². The average Bonchev–Trinajstić information content (AvgIpc) is 3.37. The van der Waals surface area contributed by atoms with Crippen molar-refractivity contribution in [2.75, 3.05) is 29.6 Å². The topological polar surface area (TPSA) is 61.9 Å². The number of amides is 3. The van der Waals surface area contributed by atoms with Gasteiger partial charge in [-0.3, -0.25) is 9.69 Å². The Kier molecular flexibility index (Phi) is 5.91. The van der Waals surface area contributed by atoms with E-state index in [1.807, 2.05) is 49.4 Å². The average molecular weight is 494 g/mol. The number of halogens is 1. The van der Waals surface area contributed by atoms with Crippen LogP contribution in [-0.4, -0.2) is 36.2 Å². The summed E-state index contributed by atoms with van der Waals surface area (Å²) in [4.78, 5) is 29.9. The van der Waals surface area contributed by atoms with Crippen molar-refractivity contribution in [2.45, 2.75) is 18.3 Å². The van der Waals surface area contributed by atoms with Crippen molar-refractivity contribution in [3.63, 3.8) is 0 Å². The minimum atomic E-state index is -1.16. The maximum Gasteiger partial charge on any atom is 0.323 e. The van der Waals surface area contributed by atoms with Crippen LogP contribution in [0.1, 0.15) is 16.7 Å². The lowest BCUT2D eigenvalue weighted by Gasteiger charge is -2.33. The van der Waals surface area contributed by atoms with Crippen LogP contribution in [0.5, 0.6) is 5.75 Å². The van der Waals surface area contributed by atoms with E-state index in [-0.39, 0.29) is 11.9 Å². The molecule has 34 heavy (non-hydrogen) atoms. The highest BCUT2D eigenvalue weighted by atomic mass is 35.5. The summed E-state index contributed by atoms with van der Waals surface area (Å²) < 4.78 is 5.48. The van der Waals surface area contributed by atoms with E-state index in [0.717, 1.165) is 22.4 Å². The standard InChI is InChI=1S/C26H24ClN3O3S/c1-17-6-3-4-7-18(17)16-29-23-11-10-21(33-2)15-22(23)26(24(29)31)30(12-13-34-26)25(32)28-20-9-5-8-19(27)14-20/h3-11,14-15H,12-13,16H2,1-2H3,(H,28,32)/t26-/m0/s1. The molecule has 0 bridgehead atoms. The molecule has 3 aromatic carbocycles. The number of benzene rings is 3. The third kappa shape index (κ3) is 3.69. The highest BCUT2D eigenvalue weighted by molar-refractivity contribution is 8.01.